The monoisotopic (exact) mass is 249 g/mol. The smallest absolute Gasteiger partial charge is 0.256 e. The van der Waals surface area contributed by atoms with Crippen LogP contribution >= 0.6 is 0 Å². The molecule has 18 heavy (non-hydrogen) atoms. The molecule has 4 heteroatoms. The maximum absolute atomic E-state index is 12.4. The predicted molar refractivity (Wildman–Crippen MR) is 68.2 cm³/mol. The number of hydrogen-bond acceptors (Lipinski definition) is 3. The summed E-state index contributed by atoms with van der Waals surface area (Å²) in [5, 5.41) is 9.11. The summed E-state index contributed by atoms with van der Waals surface area (Å²) in [5.41, 5.74) is 2.12. The fraction of sp³-hybridized carbons (Fsp3) is 0.500. The van der Waals surface area contributed by atoms with Crippen LogP contribution in [-0.2, 0) is 16.0 Å². The summed E-state index contributed by atoms with van der Waals surface area (Å²) < 4.78 is 5.61. The number of nitrogens with zero attached hydrogens (tertiary/aromatic N) is 1. The molecule has 0 radical (unpaired) electrons. The van der Waals surface area contributed by atoms with Crippen LogP contribution in [0.2, 0.25) is 0 Å². The quantitative estimate of drug-likeness (QED) is 0.874. The topological polar surface area (TPSA) is 49.8 Å². The summed E-state index contributed by atoms with van der Waals surface area (Å²) in [5.74, 6) is -0.0938. The van der Waals surface area contributed by atoms with Crippen molar-refractivity contribution in [1.29, 1.82) is 0 Å². The Morgan fingerprint density at radius 1 is 1.56 bits per heavy atom. The zero-order valence-corrected chi connectivity index (χ0v) is 10.8. The summed E-state index contributed by atoms with van der Waals surface area (Å²) in [4.78, 5) is 13.9. The molecule has 1 aromatic rings. The number of aliphatic hydroxyl groups excluding tert-OH is 1. The lowest BCUT2D eigenvalue weighted by atomic mass is 9.96. The zero-order valence-electron chi connectivity index (χ0n) is 10.8. The molecule has 1 heterocycles. The van der Waals surface area contributed by atoms with Gasteiger partial charge in [0, 0.05) is 7.05 Å². The van der Waals surface area contributed by atoms with Gasteiger partial charge in [-0.2, -0.15) is 0 Å². The van der Waals surface area contributed by atoms with Crippen LogP contribution in [0.5, 0.6) is 0 Å². The maximum atomic E-state index is 12.4. The SMILES string of the molecule is C[C@H](CO)N(C)C(=O)[C@@H]1OCCc2ccccc21. The van der Waals surface area contributed by atoms with Crippen molar-refractivity contribution in [2.45, 2.75) is 25.5 Å². The van der Waals surface area contributed by atoms with Gasteiger partial charge in [0.05, 0.1) is 19.3 Å². The number of fused-ring (bicyclic) bond motifs is 1. The lowest BCUT2D eigenvalue weighted by Crippen LogP contribution is -2.42. The molecular weight excluding hydrogens is 230 g/mol. The van der Waals surface area contributed by atoms with Crippen LogP contribution in [0.3, 0.4) is 0 Å². The molecule has 2 atom stereocenters. The third kappa shape index (κ3) is 2.40. The lowest BCUT2D eigenvalue weighted by molar-refractivity contribution is -0.146. The summed E-state index contributed by atoms with van der Waals surface area (Å²) in [6.45, 7) is 2.33. The Labute approximate surface area is 107 Å². The normalized spacial score (nSPS) is 20.1. The van der Waals surface area contributed by atoms with Crippen LogP contribution in [0.25, 0.3) is 0 Å². The van der Waals surface area contributed by atoms with Crippen molar-refractivity contribution in [3.8, 4) is 0 Å². The highest BCUT2D eigenvalue weighted by molar-refractivity contribution is 5.83. The number of carbonyl (C=O) groups is 1. The second-order valence-electron chi connectivity index (χ2n) is 4.68. The van der Waals surface area contributed by atoms with Crippen LogP contribution in [0.1, 0.15) is 24.2 Å². The van der Waals surface area contributed by atoms with Crippen LogP contribution in [-0.4, -0.2) is 42.2 Å². The van der Waals surface area contributed by atoms with Crippen molar-refractivity contribution in [3.05, 3.63) is 35.4 Å². The van der Waals surface area contributed by atoms with Gasteiger partial charge in [-0.15, -0.1) is 0 Å². The largest absolute Gasteiger partial charge is 0.394 e. The minimum atomic E-state index is -0.533. The number of aliphatic hydroxyl groups is 1. The van der Waals surface area contributed by atoms with Gasteiger partial charge in [-0.3, -0.25) is 4.79 Å². The number of rotatable bonds is 3. The molecule has 4 nitrogen and oxygen atoms in total. The van der Waals surface area contributed by atoms with E-state index in [0.717, 1.165) is 12.0 Å². The lowest BCUT2D eigenvalue weighted by Gasteiger charge is -2.31. The molecule has 0 aromatic heterocycles. The van der Waals surface area contributed by atoms with E-state index in [0.29, 0.717) is 6.61 Å². The van der Waals surface area contributed by atoms with Gasteiger partial charge >= 0.3 is 0 Å². The van der Waals surface area contributed by atoms with E-state index in [4.69, 9.17) is 9.84 Å². The van der Waals surface area contributed by atoms with Gasteiger partial charge in [-0.1, -0.05) is 24.3 Å². The fourth-order valence-electron chi connectivity index (χ4n) is 2.12. The minimum Gasteiger partial charge on any atom is -0.394 e. The van der Waals surface area contributed by atoms with Crippen LogP contribution in [0, 0.1) is 0 Å². The minimum absolute atomic E-state index is 0.0450. The number of hydrogen-bond donors (Lipinski definition) is 1. The van der Waals surface area contributed by atoms with Crippen LogP contribution in [0.4, 0.5) is 0 Å². The molecule has 2 rings (SSSR count). The molecule has 0 saturated carbocycles. The first-order chi connectivity index (χ1) is 8.65. The molecule has 0 unspecified atom stereocenters. The van der Waals surface area contributed by atoms with Crippen molar-refractivity contribution in [3.63, 3.8) is 0 Å². The summed E-state index contributed by atoms with van der Waals surface area (Å²) in [6.07, 6.45) is 0.313. The van der Waals surface area contributed by atoms with Crippen molar-refractivity contribution in [1.82, 2.24) is 4.90 Å². The van der Waals surface area contributed by atoms with Gasteiger partial charge in [0.25, 0.3) is 5.91 Å². The van der Waals surface area contributed by atoms with Crippen molar-refractivity contribution in [2.75, 3.05) is 20.3 Å². The molecule has 0 saturated heterocycles. The Balaban J connectivity index is 2.22. The predicted octanol–water partition coefficient (Wildman–Crippen LogP) is 1.14. The highest BCUT2D eigenvalue weighted by Crippen LogP contribution is 2.28. The molecule has 98 valence electrons. The average molecular weight is 249 g/mol. The van der Waals surface area contributed by atoms with Gasteiger partial charge in [0.1, 0.15) is 0 Å². The zero-order chi connectivity index (χ0) is 13.1. The third-order valence-electron chi connectivity index (χ3n) is 3.49. The van der Waals surface area contributed by atoms with Crippen molar-refractivity contribution >= 4 is 5.91 Å². The van der Waals surface area contributed by atoms with Crippen LogP contribution < -0.4 is 0 Å². The molecule has 1 aromatic carbocycles. The second-order valence-corrected chi connectivity index (χ2v) is 4.68. The van der Waals surface area contributed by atoms with Gasteiger partial charge in [0.2, 0.25) is 0 Å². The number of likely N-dealkylation sites (N-methyl/N-ethyl adjacent to an activating group) is 1. The van der Waals surface area contributed by atoms with Crippen LogP contribution in [0.15, 0.2) is 24.3 Å². The molecule has 0 spiro atoms. The highest BCUT2D eigenvalue weighted by atomic mass is 16.5. The fourth-order valence-corrected chi connectivity index (χ4v) is 2.12. The first-order valence-electron chi connectivity index (χ1n) is 6.22. The molecule has 0 aliphatic carbocycles. The van der Waals surface area contributed by atoms with E-state index < -0.39 is 6.10 Å². The molecule has 1 aliphatic heterocycles. The Hall–Kier alpha value is -1.39. The first kappa shape index (κ1) is 13.1. The van der Waals surface area contributed by atoms with E-state index in [-0.39, 0.29) is 18.6 Å². The number of benzene rings is 1. The molecule has 1 N–H and O–H groups in total. The van der Waals surface area contributed by atoms with E-state index >= 15 is 0 Å². The standard InChI is InChI=1S/C14H19NO3/c1-10(9-16)15(2)14(17)13-12-6-4-3-5-11(12)7-8-18-13/h3-6,10,13,16H,7-9H2,1-2H3/t10-,13-/m1/s1. The van der Waals surface area contributed by atoms with E-state index in [1.807, 2.05) is 31.2 Å². The summed E-state index contributed by atoms with van der Waals surface area (Å²) in [7, 11) is 1.70. The van der Waals surface area contributed by atoms with Gasteiger partial charge in [0.15, 0.2) is 6.10 Å². The molecule has 1 amide bonds. The van der Waals surface area contributed by atoms with E-state index in [1.54, 1.807) is 11.9 Å². The highest BCUT2D eigenvalue weighted by Gasteiger charge is 2.30. The molecule has 0 fully saturated rings. The first-order valence-corrected chi connectivity index (χ1v) is 6.22. The third-order valence-corrected chi connectivity index (χ3v) is 3.49. The Morgan fingerprint density at radius 2 is 2.28 bits per heavy atom. The van der Waals surface area contributed by atoms with E-state index in [9.17, 15) is 4.79 Å². The number of ether oxygens (including phenoxy) is 1. The average Bonchev–Trinajstić information content (AvgIpc) is 2.44. The van der Waals surface area contributed by atoms with E-state index in [2.05, 4.69) is 0 Å². The Bertz CT molecular complexity index is 433. The van der Waals surface area contributed by atoms with Crippen molar-refractivity contribution in [2.24, 2.45) is 0 Å². The Morgan fingerprint density at radius 3 is 3.00 bits per heavy atom. The number of carbonyl (C=O) groups excluding carboxylic acids is 1. The van der Waals surface area contributed by atoms with Crippen molar-refractivity contribution < 1.29 is 14.6 Å². The Kier molecular flexibility index (Phi) is 3.99. The summed E-state index contributed by atoms with van der Waals surface area (Å²) >= 11 is 0. The van der Waals surface area contributed by atoms with Gasteiger partial charge in [-0.25, -0.2) is 0 Å². The van der Waals surface area contributed by atoms with E-state index in [1.165, 1.54) is 5.56 Å². The molecular formula is C14H19NO3. The maximum Gasteiger partial charge on any atom is 0.256 e. The second kappa shape index (κ2) is 5.50. The van der Waals surface area contributed by atoms with Gasteiger partial charge in [-0.05, 0) is 24.5 Å². The van der Waals surface area contributed by atoms with Gasteiger partial charge < -0.3 is 14.7 Å². The molecule has 1 aliphatic rings. The molecule has 0 bridgehead atoms. The summed E-state index contributed by atoms with van der Waals surface area (Å²) in [6, 6.07) is 7.67. The number of amides is 1.